The molecule has 0 unspecified atom stereocenters. The Labute approximate surface area is 126 Å². The van der Waals surface area contributed by atoms with Crippen LogP contribution in [0, 0.1) is 0 Å². The van der Waals surface area contributed by atoms with E-state index in [1.807, 2.05) is 45.0 Å². The molecule has 1 aliphatic rings. The van der Waals surface area contributed by atoms with Gasteiger partial charge in [0.15, 0.2) is 0 Å². The summed E-state index contributed by atoms with van der Waals surface area (Å²) in [5, 5.41) is 5.72. The third kappa shape index (κ3) is 4.63. The Morgan fingerprint density at radius 2 is 1.95 bits per heavy atom. The van der Waals surface area contributed by atoms with Gasteiger partial charge in [0.1, 0.15) is 0 Å². The van der Waals surface area contributed by atoms with Crippen molar-refractivity contribution in [1.29, 1.82) is 0 Å². The molecule has 116 valence electrons. The molecule has 1 saturated heterocycles. The summed E-state index contributed by atoms with van der Waals surface area (Å²) in [6.45, 7) is 7.80. The lowest BCUT2D eigenvalue weighted by atomic mass is 10.1. The van der Waals surface area contributed by atoms with E-state index in [-0.39, 0.29) is 11.6 Å². The Bertz CT molecular complexity index is 479. The van der Waals surface area contributed by atoms with Crippen molar-refractivity contribution in [2.75, 3.05) is 30.4 Å². The van der Waals surface area contributed by atoms with Crippen molar-refractivity contribution in [2.45, 2.75) is 38.8 Å². The molecule has 0 saturated carbocycles. The number of nitrogens with one attached hydrogen (secondary N) is 2. The second kappa shape index (κ2) is 6.35. The molecule has 0 spiro atoms. The summed E-state index contributed by atoms with van der Waals surface area (Å²) in [5.41, 5.74) is 1.72. The lowest BCUT2D eigenvalue weighted by molar-refractivity contribution is 0.121. The average Bonchev–Trinajstić information content (AvgIpc) is 2.86. The number of hydrogen-bond donors (Lipinski definition) is 2. The molecule has 1 heterocycles. The zero-order valence-corrected chi connectivity index (χ0v) is 13.3. The number of urea groups is 1. The molecule has 1 fully saturated rings. The maximum absolute atomic E-state index is 11.8. The summed E-state index contributed by atoms with van der Waals surface area (Å²) in [6, 6.07) is 7.74. The molecule has 1 aromatic carbocycles. The minimum atomic E-state index is -0.241. The minimum absolute atomic E-state index is 0.184. The molecule has 21 heavy (non-hydrogen) atoms. The summed E-state index contributed by atoms with van der Waals surface area (Å²) < 4.78 is 5.38. The first-order valence-electron chi connectivity index (χ1n) is 7.34. The molecule has 2 amide bonds. The van der Waals surface area contributed by atoms with Crippen LogP contribution in [-0.2, 0) is 4.74 Å². The van der Waals surface area contributed by atoms with Gasteiger partial charge in [-0.2, -0.15) is 0 Å². The van der Waals surface area contributed by atoms with Crippen molar-refractivity contribution in [1.82, 2.24) is 5.32 Å². The maximum Gasteiger partial charge on any atom is 0.319 e. The van der Waals surface area contributed by atoms with E-state index in [0.29, 0.717) is 6.10 Å². The Kier molecular flexibility index (Phi) is 4.73. The fourth-order valence-electron chi connectivity index (χ4n) is 2.41. The quantitative estimate of drug-likeness (QED) is 0.900. The van der Waals surface area contributed by atoms with E-state index < -0.39 is 0 Å². The Morgan fingerprint density at radius 3 is 2.48 bits per heavy atom. The van der Waals surface area contributed by atoms with Crippen LogP contribution in [0.2, 0.25) is 0 Å². The number of nitrogens with zero attached hydrogens (tertiary/aromatic N) is 1. The monoisotopic (exact) mass is 291 g/mol. The normalized spacial score (nSPS) is 18.7. The molecule has 1 aliphatic heterocycles. The molecular formula is C16H25N3O2. The number of hydrogen-bond acceptors (Lipinski definition) is 3. The van der Waals surface area contributed by atoms with Crippen LogP contribution < -0.4 is 15.5 Å². The largest absolute Gasteiger partial charge is 0.380 e. The lowest BCUT2D eigenvalue weighted by Gasteiger charge is -2.21. The number of amides is 2. The van der Waals surface area contributed by atoms with E-state index in [2.05, 4.69) is 15.5 Å². The van der Waals surface area contributed by atoms with Gasteiger partial charge in [0.05, 0.1) is 6.10 Å². The van der Waals surface area contributed by atoms with Crippen LogP contribution in [0.4, 0.5) is 16.2 Å². The predicted molar refractivity (Wildman–Crippen MR) is 86.0 cm³/mol. The number of carbonyl (C=O) groups is 1. The van der Waals surface area contributed by atoms with Crippen LogP contribution in [0.15, 0.2) is 24.3 Å². The van der Waals surface area contributed by atoms with E-state index in [1.165, 1.54) is 0 Å². The summed E-state index contributed by atoms with van der Waals surface area (Å²) in [5.74, 6) is 0. The highest BCUT2D eigenvalue weighted by Gasteiger charge is 2.22. The number of anilines is 2. The molecule has 1 atom stereocenters. The standard InChI is InChI=1S/C16H25N3O2/c1-16(2,3)18-15(20)17-12-5-7-13(8-6-12)19-10-9-14(11-19)21-4/h5-8,14H,9-11H2,1-4H3,(H2,17,18,20)/t14-/m0/s1. The van der Waals surface area contributed by atoms with Gasteiger partial charge in [-0.15, -0.1) is 0 Å². The van der Waals surface area contributed by atoms with Gasteiger partial charge in [0, 0.05) is 37.1 Å². The molecule has 2 rings (SSSR count). The minimum Gasteiger partial charge on any atom is -0.380 e. The fourth-order valence-corrected chi connectivity index (χ4v) is 2.41. The third-order valence-corrected chi connectivity index (χ3v) is 3.46. The van der Waals surface area contributed by atoms with Gasteiger partial charge in [-0.1, -0.05) is 0 Å². The van der Waals surface area contributed by atoms with Crippen LogP contribution >= 0.6 is 0 Å². The molecule has 0 aliphatic carbocycles. The van der Waals surface area contributed by atoms with Crippen molar-refractivity contribution < 1.29 is 9.53 Å². The first kappa shape index (κ1) is 15.6. The predicted octanol–water partition coefficient (Wildman–Crippen LogP) is 2.83. The summed E-state index contributed by atoms with van der Waals surface area (Å²) in [6.07, 6.45) is 1.38. The van der Waals surface area contributed by atoms with Crippen molar-refractivity contribution in [3.63, 3.8) is 0 Å². The van der Waals surface area contributed by atoms with Crippen LogP contribution in [0.25, 0.3) is 0 Å². The van der Waals surface area contributed by atoms with Crippen LogP contribution in [0.5, 0.6) is 0 Å². The van der Waals surface area contributed by atoms with Crippen molar-refractivity contribution in [3.05, 3.63) is 24.3 Å². The zero-order chi connectivity index (χ0) is 15.5. The smallest absolute Gasteiger partial charge is 0.319 e. The van der Waals surface area contributed by atoms with E-state index in [4.69, 9.17) is 4.74 Å². The van der Waals surface area contributed by atoms with Gasteiger partial charge < -0.3 is 20.3 Å². The van der Waals surface area contributed by atoms with Gasteiger partial charge in [0.25, 0.3) is 0 Å². The lowest BCUT2D eigenvalue weighted by Crippen LogP contribution is -2.43. The van der Waals surface area contributed by atoms with Crippen LogP contribution in [0.1, 0.15) is 27.2 Å². The molecule has 5 heteroatoms. The first-order chi connectivity index (χ1) is 9.87. The van der Waals surface area contributed by atoms with E-state index >= 15 is 0 Å². The van der Waals surface area contributed by atoms with Crippen molar-refractivity contribution in [3.8, 4) is 0 Å². The average molecular weight is 291 g/mol. The van der Waals surface area contributed by atoms with Crippen molar-refractivity contribution >= 4 is 17.4 Å². The topological polar surface area (TPSA) is 53.6 Å². The van der Waals surface area contributed by atoms with Crippen LogP contribution in [0.3, 0.4) is 0 Å². The second-order valence-electron chi connectivity index (χ2n) is 6.47. The van der Waals surface area contributed by atoms with E-state index in [1.54, 1.807) is 7.11 Å². The van der Waals surface area contributed by atoms with E-state index in [0.717, 1.165) is 30.9 Å². The molecule has 0 aromatic heterocycles. The summed E-state index contributed by atoms with van der Waals surface area (Å²) in [4.78, 5) is 14.1. The number of methoxy groups -OCH3 is 1. The van der Waals surface area contributed by atoms with Crippen LogP contribution in [-0.4, -0.2) is 37.9 Å². The highest BCUT2D eigenvalue weighted by atomic mass is 16.5. The zero-order valence-electron chi connectivity index (χ0n) is 13.3. The summed E-state index contributed by atoms with van der Waals surface area (Å²) in [7, 11) is 1.76. The SMILES string of the molecule is CO[C@H]1CCN(c2ccc(NC(=O)NC(C)(C)C)cc2)C1. The van der Waals surface area contributed by atoms with Crippen molar-refractivity contribution in [2.24, 2.45) is 0 Å². The highest BCUT2D eigenvalue weighted by molar-refractivity contribution is 5.89. The summed E-state index contributed by atoms with van der Waals surface area (Å²) >= 11 is 0. The number of ether oxygens (including phenoxy) is 1. The van der Waals surface area contributed by atoms with Gasteiger partial charge in [0.2, 0.25) is 0 Å². The Hall–Kier alpha value is -1.75. The number of benzene rings is 1. The number of rotatable bonds is 3. The maximum atomic E-state index is 11.8. The molecule has 1 aromatic rings. The molecular weight excluding hydrogens is 266 g/mol. The van der Waals surface area contributed by atoms with E-state index in [9.17, 15) is 4.79 Å². The molecule has 2 N–H and O–H groups in total. The first-order valence-corrected chi connectivity index (χ1v) is 7.34. The molecule has 5 nitrogen and oxygen atoms in total. The van der Waals surface area contributed by atoms with Gasteiger partial charge in [-0.25, -0.2) is 4.79 Å². The highest BCUT2D eigenvalue weighted by Crippen LogP contribution is 2.23. The molecule has 0 bridgehead atoms. The Balaban J connectivity index is 1.92. The fraction of sp³-hybridized carbons (Fsp3) is 0.562. The number of carbonyl (C=O) groups excluding carboxylic acids is 1. The Morgan fingerprint density at radius 1 is 1.29 bits per heavy atom. The second-order valence-corrected chi connectivity index (χ2v) is 6.47. The third-order valence-electron chi connectivity index (χ3n) is 3.46. The van der Waals surface area contributed by atoms with Gasteiger partial charge in [-0.3, -0.25) is 0 Å². The molecule has 0 radical (unpaired) electrons. The van der Waals surface area contributed by atoms with Gasteiger partial charge in [-0.05, 0) is 51.5 Å². The van der Waals surface area contributed by atoms with Gasteiger partial charge >= 0.3 is 6.03 Å².